The Balaban J connectivity index is 1.65. The number of benzene rings is 3. The molecule has 0 saturated heterocycles. The summed E-state index contributed by atoms with van der Waals surface area (Å²) in [6.45, 7) is 2.39. The lowest BCUT2D eigenvalue weighted by atomic mass is 10.1. The molecular weight excluding hydrogens is 427 g/mol. The zero-order valence-electron chi connectivity index (χ0n) is 18.6. The fraction of sp³-hybridized carbons (Fsp3) is 0.0714. The van der Waals surface area contributed by atoms with Crippen LogP contribution in [0.15, 0.2) is 102 Å². The summed E-state index contributed by atoms with van der Waals surface area (Å²) in [5.74, 6) is 0.988. The van der Waals surface area contributed by atoms with Crippen LogP contribution in [-0.2, 0) is 6.54 Å². The highest BCUT2D eigenvalue weighted by atomic mass is 19.1. The van der Waals surface area contributed by atoms with Gasteiger partial charge in [0.25, 0.3) is 0 Å². The quantitative estimate of drug-likeness (QED) is 0.324. The third-order valence-corrected chi connectivity index (χ3v) is 5.61. The van der Waals surface area contributed by atoms with E-state index in [4.69, 9.17) is 4.98 Å². The van der Waals surface area contributed by atoms with E-state index >= 15 is 0 Å². The van der Waals surface area contributed by atoms with E-state index < -0.39 is 0 Å². The molecular formula is C28H23FN4O. The van der Waals surface area contributed by atoms with Gasteiger partial charge in [-0.15, -0.1) is 0 Å². The molecule has 3 aromatic carbocycles. The highest BCUT2D eigenvalue weighted by Gasteiger charge is 2.16. The largest absolute Gasteiger partial charge is 0.366 e. The molecule has 168 valence electrons. The second kappa shape index (κ2) is 9.19. The van der Waals surface area contributed by atoms with Crippen molar-refractivity contribution in [3.63, 3.8) is 0 Å². The van der Waals surface area contributed by atoms with Gasteiger partial charge in [0.15, 0.2) is 11.1 Å². The van der Waals surface area contributed by atoms with Crippen LogP contribution in [0.1, 0.15) is 11.1 Å². The van der Waals surface area contributed by atoms with E-state index in [9.17, 15) is 9.18 Å². The van der Waals surface area contributed by atoms with Crippen molar-refractivity contribution in [2.75, 3.05) is 10.6 Å². The summed E-state index contributed by atoms with van der Waals surface area (Å²) in [7, 11) is 0. The topological polar surface area (TPSA) is 59.0 Å². The van der Waals surface area contributed by atoms with Gasteiger partial charge in [-0.2, -0.15) is 0 Å². The number of anilines is 3. The highest BCUT2D eigenvalue weighted by molar-refractivity contribution is 5.85. The number of pyridine rings is 2. The molecule has 5 rings (SSSR count). The maximum atomic E-state index is 13.2. The molecule has 5 nitrogen and oxygen atoms in total. The number of halogens is 1. The minimum atomic E-state index is -0.270. The van der Waals surface area contributed by atoms with Crippen LogP contribution in [-0.4, -0.2) is 9.55 Å². The summed E-state index contributed by atoms with van der Waals surface area (Å²) >= 11 is 0. The number of aromatic nitrogens is 2. The predicted molar refractivity (Wildman–Crippen MR) is 136 cm³/mol. The van der Waals surface area contributed by atoms with Gasteiger partial charge in [-0.25, -0.2) is 9.37 Å². The van der Waals surface area contributed by atoms with Gasteiger partial charge in [0.2, 0.25) is 0 Å². The standard InChI is InChI=1S/C28H23FN4O/c1-19-16-25(30-18-20-12-14-21(29)15-13-20)32-28-27(19)24(34)17-26(31-22-8-4-2-5-9-22)33(28)23-10-6-3-7-11-23/h2-17,31H,18H2,1H3,(H,30,32). The van der Waals surface area contributed by atoms with Crippen LogP contribution < -0.4 is 16.1 Å². The molecule has 0 radical (unpaired) electrons. The third kappa shape index (κ3) is 4.38. The van der Waals surface area contributed by atoms with Crippen molar-refractivity contribution >= 4 is 28.4 Å². The summed E-state index contributed by atoms with van der Waals surface area (Å²) < 4.78 is 15.2. The number of rotatable bonds is 6. The average molecular weight is 451 g/mol. The van der Waals surface area contributed by atoms with Crippen LogP contribution >= 0.6 is 0 Å². The molecule has 0 bridgehead atoms. The zero-order valence-corrected chi connectivity index (χ0v) is 18.6. The molecule has 0 fully saturated rings. The van der Waals surface area contributed by atoms with E-state index in [2.05, 4.69) is 10.6 Å². The SMILES string of the molecule is Cc1cc(NCc2ccc(F)cc2)nc2c1c(=O)cc(Nc1ccccc1)n2-c1ccccc1. The van der Waals surface area contributed by atoms with Crippen molar-refractivity contribution in [2.24, 2.45) is 0 Å². The molecule has 0 aliphatic heterocycles. The van der Waals surface area contributed by atoms with Gasteiger partial charge >= 0.3 is 0 Å². The van der Waals surface area contributed by atoms with Gasteiger partial charge in [-0.05, 0) is 60.5 Å². The third-order valence-electron chi connectivity index (χ3n) is 5.61. The first-order valence-corrected chi connectivity index (χ1v) is 11.0. The van der Waals surface area contributed by atoms with Crippen molar-refractivity contribution in [2.45, 2.75) is 13.5 Å². The lowest BCUT2D eigenvalue weighted by molar-refractivity contribution is 0.627. The van der Waals surface area contributed by atoms with Gasteiger partial charge < -0.3 is 10.6 Å². The number of nitrogens with zero attached hydrogens (tertiary/aromatic N) is 2. The van der Waals surface area contributed by atoms with Crippen LogP contribution in [0.2, 0.25) is 0 Å². The molecule has 2 N–H and O–H groups in total. The van der Waals surface area contributed by atoms with Crippen LogP contribution in [0.5, 0.6) is 0 Å². The molecule has 34 heavy (non-hydrogen) atoms. The number of fused-ring (bicyclic) bond motifs is 1. The summed E-state index contributed by atoms with van der Waals surface area (Å²) in [6.07, 6.45) is 0. The summed E-state index contributed by atoms with van der Waals surface area (Å²) in [4.78, 5) is 18.0. The van der Waals surface area contributed by atoms with Gasteiger partial charge in [0.1, 0.15) is 17.5 Å². The second-order valence-corrected chi connectivity index (χ2v) is 8.06. The molecule has 0 aliphatic carbocycles. The van der Waals surface area contributed by atoms with E-state index in [1.54, 1.807) is 18.2 Å². The predicted octanol–water partition coefficient (Wildman–Crippen LogP) is 6.19. The van der Waals surface area contributed by atoms with Crippen molar-refractivity contribution < 1.29 is 4.39 Å². The number of aryl methyl sites for hydroxylation is 1. The van der Waals surface area contributed by atoms with E-state index in [0.717, 1.165) is 22.5 Å². The molecule has 0 saturated carbocycles. The Bertz CT molecular complexity index is 1500. The van der Waals surface area contributed by atoms with E-state index in [1.807, 2.05) is 78.2 Å². The van der Waals surface area contributed by atoms with Crippen LogP contribution in [0.3, 0.4) is 0 Å². The zero-order chi connectivity index (χ0) is 23.5. The smallest absolute Gasteiger partial charge is 0.193 e. The maximum Gasteiger partial charge on any atom is 0.193 e. The summed E-state index contributed by atoms with van der Waals surface area (Å²) in [6, 6.07) is 29.4. The molecule has 0 unspecified atom stereocenters. The Hall–Kier alpha value is -4.45. The van der Waals surface area contributed by atoms with E-state index in [0.29, 0.717) is 29.2 Å². The van der Waals surface area contributed by atoms with Crippen LogP contribution in [0, 0.1) is 12.7 Å². The molecule has 6 heteroatoms. The van der Waals surface area contributed by atoms with Crippen molar-refractivity contribution in [3.8, 4) is 5.69 Å². The molecule has 0 spiro atoms. The van der Waals surface area contributed by atoms with Gasteiger partial charge in [-0.3, -0.25) is 9.36 Å². The molecule has 5 aromatic rings. The second-order valence-electron chi connectivity index (χ2n) is 8.06. The normalized spacial score (nSPS) is 10.9. The fourth-order valence-electron chi connectivity index (χ4n) is 3.98. The van der Waals surface area contributed by atoms with Crippen molar-refractivity contribution in [1.29, 1.82) is 0 Å². The van der Waals surface area contributed by atoms with Crippen LogP contribution in [0.25, 0.3) is 16.7 Å². The first kappa shape index (κ1) is 21.4. The van der Waals surface area contributed by atoms with Crippen molar-refractivity contribution in [1.82, 2.24) is 9.55 Å². The minimum absolute atomic E-state index is 0.101. The Morgan fingerprint density at radius 3 is 2.26 bits per heavy atom. The van der Waals surface area contributed by atoms with Gasteiger partial charge in [-0.1, -0.05) is 48.5 Å². The van der Waals surface area contributed by atoms with E-state index in [-0.39, 0.29) is 11.2 Å². The first-order chi connectivity index (χ1) is 16.6. The summed E-state index contributed by atoms with van der Waals surface area (Å²) in [5.41, 5.74) is 3.96. The number of nitrogens with one attached hydrogen (secondary N) is 2. The fourth-order valence-corrected chi connectivity index (χ4v) is 3.98. The molecule has 0 aliphatic rings. The first-order valence-electron chi connectivity index (χ1n) is 11.0. The Kier molecular flexibility index (Phi) is 5.79. The molecule has 2 aromatic heterocycles. The Morgan fingerprint density at radius 1 is 0.882 bits per heavy atom. The molecule has 0 atom stereocenters. The maximum absolute atomic E-state index is 13.2. The number of hydrogen-bond acceptors (Lipinski definition) is 4. The summed E-state index contributed by atoms with van der Waals surface area (Å²) in [5, 5.41) is 7.25. The Labute approximate surface area is 196 Å². The lowest BCUT2D eigenvalue weighted by Crippen LogP contribution is -2.15. The highest BCUT2D eigenvalue weighted by Crippen LogP contribution is 2.27. The van der Waals surface area contributed by atoms with Gasteiger partial charge in [0, 0.05) is 24.0 Å². The lowest BCUT2D eigenvalue weighted by Gasteiger charge is -2.19. The Morgan fingerprint density at radius 2 is 1.56 bits per heavy atom. The minimum Gasteiger partial charge on any atom is -0.366 e. The van der Waals surface area contributed by atoms with E-state index in [1.165, 1.54) is 12.1 Å². The van der Waals surface area contributed by atoms with Crippen LogP contribution in [0.4, 0.5) is 21.7 Å². The van der Waals surface area contributed by atoms with Gasteiger partial charge in [0.05, 0.1) is 5.39 Å². The number of para-hydroxylation sites is 2. The molecule has 0 amide bonds. The monoisotopic (exact) mass is 450 g/mol. The molecule has 2 heterocycles. The average Bonchev–Trinajstić information content (AvgIpc) is 2.84. The number of hydrogen-bond donors (Lipinski definition) is 2. The van der Waals surface area contributed by atoms with Crippen molar-refractivity contribution in [3.05, 3.63) is 124 Å².